The quantitative estimate of drug-likeness (QED) is 0.255. The Morgan fingerprint density at radius 1 is 1.17 bits per heavy atom. The zero-order chi connectivity index (χ0) is 28.7. The Morgan fingerprint density at radius 3 is 2.59 bits per heavy atom. The van der Waals surface area contributed by atoms with Crippen LogP contribution in [-0.4, -0.2) is 69.9 Å². The van der Waals surface area contributed by atoms with Gasteiger partial charge in [0.2, 0.25) is 0 Å². The molecule has 3 atom stereocenters. The van der Waals surface area contributed by atoms with Crippen LogP contribution in [-0.2, 0) is 0 Å². The standard InChI is InChI=1S/C26H22FN5O2.C5H12N2/c1-3-14-5-4-6-15-9-18(33)10-19(21(14)15)23-22(27)24-20(11-28-23)25(31-26(30-24)34-2)32-12-16-7-8-17(13-32)29-16;1-5-3-2-4-7(5)6/h1,4-6,9-11,16-17,29,33H,7-8,12-13H2,2H3;5H,2-4,6H2,1H3. The van der Waals surface area contributed by atoms with Crippen LogP contribution in [0.25, 0.3) is 32.9 Å². The Kier molecular flexibility index (Phi) is 7.34. The highest BCUT2D eigenvalue weighted by Crippen LogP contribution is 2.38. The molecule has 3 aliphatic rings. The molecule has 0 radical (unpaired) electrons. The van der Waals surface area contributed by atoms with Crippen molar-refractivity contribution in [2.24, 2.45) is 5.84 Å². The Balaban J connectivity index is 0.000000380. The minimum atomic E-state index is -0.615. The summed E-state index contributed by atoms with van der Waals surface area (Å²) in [6.45, 7) is 4.80. The number of terminal acetylenes is 1. The van der Waals surface area contributed by atoms with E-state index < -0.39 is 5.82 Å². The van der Waals surface area contributed by atoms with E-state index in [0.717, 1.165) is 32.5 Å². The molecule has 0 amide bonds. The van der Waals surface area contributed by atoms with E-state index in [1.54, 1.807) is 24.4 Å². The van der Waals surface area contributed by atoms with E-state index in [1.165, 1.54) is 26.0 Å². The molecule has 0 saturated carbocycles. The SMILES string of the molecule is C#Cc1cccc2cc(O)cc(-c3ncc4c(N5CC6CCC(C5)N6)nc(OC)nc4c3F)c12.CC1CCCN1N. The van der Waals surface area contributed by atoms with Gasteiger partial charge >= 0.3 is 6.01 Å². The zero-order valence-electron chi connectivity index (χ0n) is 23.3. The first-order chi connectivity index (χ1) is 19.9. The Morgan fingerprint density at radius 2 is 1.95 bits per heavy atom. The second kappa shape index (κ2) is 11.1. The van der Waals surface area contributed by atoms with Gasteiger partial charge in [-0.3, -0.25) is 10.8 Å². The number of methoxy groups -OCH3 is 1. The number of nitrogens with one attached hydrogen (secondary N) is 1. The fourth-order valence-corrected chi connectivity index (χ4v) is 6.19. The molecule has 3 unspecified atom stereocenters. The number of ether oxygens (including phenoxy) is 1. The smallest absolute Gasteiger partial charge is 0.318 e. The molecular weight excluding hydrogens is 521 g/mol. The van der Waals surface area contributed by atoms with Crippen molar-refractivity contribution in [3.8, 4) is 35.4 Å². The fraction of sp³-hybridized carbons (Fsp3) is 0.387. The number of nitrogens with zero attached hydrogens (tertiary/aromatic N) is 5. The third-order valence-corrected chi connectivity index (χ3v) is 8.32. The molecule has 2 aromatic carbocycles. The number of aromatic nitrogens is 3. The molecular formula is C31H34FN7O2. The minimum absolute atomic E-state index is 0.00443. The van der Waals surface area contributed by atoms with Crippen LogP contribution in [0.4, 0.5) is 10.2 Å². The van der Waals surface area contributed by atoms with E-state index in [1.807, 2.05) is 11.1 Å². The maximum absolute atomic E-state index is 16.1. The van der Waals surface area contributed by atoms with E-state index in [4.69, 9.17) is 17.0 Å². The van der Waals surface area contributed by atoms with Crippen LogP contribution < -0.4 is 20.8 Å². The number of rotatable bonds is 3. The first-order valence-electron chi connectivity index (χ1n) is 14.0. The molecule has 3 saturated heterocycles. The summed E-state index contributed by atoms with van der Waals surface area (Å²) in [5.74, 6) is 8.16. The van der Waals surface area contributed by atoms with Crippen LogP contribution in [0.1, 0.15) is 38.2 Å². The summed E-state index contributed by atoms with van der Waals surface area (Å²) in [7, 11) is 1.47. The number of piperazine rings is 1. The number of nitrogens with two attached hydrogens (primary N) is 1. The average molecular weight is 556 g/mol. The molecule has 9 nitrogen and oxygen atoms in total. The number of fused-ring (bicyclic) bond motifs is 4. The van der Waals surface area contributed by atoms with Crippen molar-refractivity contribution in [2.45, 2.75) is 50.7 Å². The summed E-state index contributed by atoms with van der Waals surface area (Å²) in [5.41, 5.74) is 1.17. The van der Waals surface area contributed by atoms with Gasteiger partial charge in [-0.1, -0.05) is 18.1 Å². The Labute approximate surface area is 238 Å². The minimum Gasteiger partial charge on any atom is -0.508 e. The average Bonchev–Trinajstić information content (AvgIpc) is 3.53. The topological polar surface area (TPSA) is 113 Å². The van der Waals surface area contributed by atoms with E-state index >= 15 is 4.39 Å². The van der Waals surface area contributed by atoms with E-state index in [9.17, 15) is 5.11 Å². The van der Waals surface area contributed by atoms with Gasteiger partial charge in [0, 0.05) is 60.5 Å². The maximum atomic E-state index is 16.1. The number of benzene rings is 2. The van der Waals surface area contributed by atoms with Gasteiger partial charge < -0.3 is 20.1 Å². The molecule has 212 valence electrons. The van der Waals surface area contributed by atoms with Crippen molar-refractivity contribution in [2.75, 3.05) is 31.6 Å². The first kappa shape index (κ1) is 27.1. The molecule has 4 N–H and O–H groups in total. The summed E-state index contributed by atoms with van der Waals surface area (Å²) in [6, 6.07) is 9.96. The number of aromatic hydroxyl groups is 1. The molecule has 0 spiro atoms. The highest BCUT2D eigenvalue weighted by atomic mass is 19.1. The lowest BCUT2D eigenvalue weighted by molar-refractivity contribution is 0.278. The Bertz CT molecular complexity index is 1640. The molecule has 0 aliphatic carbocycles. The molecule has 4 aromatic rings. The van der Waals surface area contributed by atoms with Crippen LogP contribution in [0.5, 0.6) is 11.8 Å². The maximum Gasteiger partial charge on any atom is 0.318 e. The molecule has 10 heteroatoms. The number of phenols is 1. The summed E-state index contributed by atoms with van der Waals surface area (Å²) in [5, 5.41) is 17.7. The van der Waals surface area contributed by atoms with Gasteiger partial charge in [0.15, 0.2) is 5.82 Å². The zero-order valence-corrected chi connectivity index (χ0v) is 23.3. The summed E-state index contributed by atoms with van der Waals surface area (Å²) in [4.78, 5) is 15.6. The third kappa shape index (κ3) is 5.12. The molecule has 41 heavy (non-hydrogen) atoms. The first-order valence-corrected chi connectivity index (χ1v) is 14.0. The van der Waals surface area contributed by atoms with Gasteiger partial charge in [0.25, 0.3) is 0 Å². The van der Waals surface area contributed by atoms with Crippen molar-refractivity contribution in [3.05, 3.63) is 47.9 Å². The summed E-state index contributed by atoms with van der Waals surface area (Å²) < 4.78 is 21.4. The molecule has 3 fully saturated rings. The monoisotopic (exact) mass is 555 g/mol. The molecule has 3 aliphatic heterocycles. The number of hydrazine groups is 1. The van der Waals surface area contributed by atoms with Crippen molar-refractivity contribution >= 4 is 27.5 Å². The van der Waals surface area contributed by atoms with Crippen LogP contribution >= 0.6 is 0 Å². The van der Waals surface area contributed by atoms with Crippen molar-refractivity contribution in [1.29, 1.82) is 0 Å². The molecule has 2 aromatic heterocycles. The lowest BCUT2D eigenvalue weighted by atomic mass is 9.96. The number of pyridine rings is 1. The highest BCUT2D eigenvalue weighted by molar-refractivity contribution is 6.02. The van der Waals surface area contributed by atoms with E-state index in [2.05, 4.69) is 38.0 Å². The van der Waals surface area contributed by atoms with Crippen LogP contribution in [0.3, 0.4) is 0 Å². The van der Waals surface area contributed by atoms with Crippen LogP contribution in [0.15, 0.2) is 36.5 Å². The van der Waals surface area contributed by atoms with Gasteiger partial charge in [-0.25, -0.2) is 9.40 Å². The van der Waals surface area contributed by atoms with Crippen LogP contribution in [0.2, 0.25) is 0 Å². The molecule has 5 heterocycles. The number of halogens is 1. The number of hydrogen-bond donors (Lipinski definition) is 3. The van der Waals surface area contributed by atoms with Gasteiger partial charge in [0.1, 0.15) is 22.8 Å². The van der Waals surface area contributed by atoms with Gasteiger partial charge in [-0.15, -0.1) is 6.42 Å². The number of hydrogen-bond acceptors (Lipinski definition) is 9. The number of phenolic OH excluding ortho intramolecular Hbond substituents is 1. The van der Waals surface area contributed by atoms with E-state index in [-0.39, 0.29) is 23.0 Å². The second-order valence-corrected chi connectivity index (χ2v) is 11.0. The normalized spacial score (nSPS) is 22.0. The largest absolute Gasteiger partial charge is 0.508 e. The highest BCUT2D eigenvalue weighted by Gasteiger charge is 2.34. The molecule has 7 rings (SSSR count). The second-order valence-electron chi connectivity index (χ2n) is 11.0. The predicted molar refractivity (Wildman–Crippen MR) is 158 cm³/mol. The third-order valence-electron chi connectivity index (χ3n) is 8.32. The summed E-state index contributed by atoms with van der Waals surface area (Å²) >= 11 is 0. The van der Waals surface area contributed by atoms with Crippen molar-refractivity contribution < 1.29 is 14.2 Å². The van der Waals surface area contributed by atoms with E-state index in [0.29, 0.717) is 51.2 Å². The van der Waals surface area contributed by atoms with Crippen LogP contribution in [0, 0.1) is 18.2 Å². The van der Waals surface area contributed by atoms with Gasteiger partial charge in [-0.2, -0.15) is 9.97 Å². The predicted octanol–water partition coefficient (Wildman–Crippen LogP) is 3.96. The Hall–Kier alpha value is -4.04. The summed E-state index contributed by atoms with van der Waals surface area (Å²) in [6.07, 6.45) is 12.1. The van der Waals surface area contributed by atoms with Gasteiger partial charge in [0.05, 0.1) is 12.5 Å². The van der Waals surface area contributed by atoms with Crippen molar-refractivity contribution in [3.63, 3.8) is 0 Å². The van der Waals surface area contributed by atoms with Gasteiger partial charge in [-0.05, 0) is 56.2 Å². The lowest BCUT2D eigenvalue weighted by Crippen LogP contribution is -2.51. The number of anilines is 1. The fourth-order valence-electron chi connectivity index (χ4n) is 6.19. The lowest BCUT2D eigenvalue weighted by Gasteiger charge is -2.34. The van der Waals surface area contributed by atoms with Crippen molar-refractivity contribution in [1.82, 2.24) is 25.3 Å². The molecule has 2 bridgehead atoms.